The zero-order valence-corrected chi connectivity index (χ0v) is 14.4. The van der Waals surface area contributed by atoms with Gasteiger partial charge in [0.05, 0.1) is 19.8 Å². The van der Waals surface area contributed by atoms with Crippen molar-refractivity contribution in [2.24, 2.45) is 0 Å². The molecule has 0 aliphatic rings. The number of halogens is 5. The van der Waals surface area contributed by atoms with Crippen molar-refractivity contribution in [3.63, 3.8) is 0 Å². The Balaban J connectivity index is 2.50. The van der Waals surface area contributed by atoms with E-state index in [9.17, 15) is 26.7 Å². The lowest BCUT2D eigenvalue weighted by Crippen LogP contribution is -2.39. The molecule has 1 unspecified atom stereocenters. The van der Waals surface area contributed by atoms with Crippen molar-refractivity contribution in [1.82, 2.24) is 0 Å². The van der Waals surface area contributed by atoms with E-state index >= 15 is 0 Å². The van der Waals surface area contributed by atoms with E-state index in [1.807, 2.05) is 0 Å². The molecule has 0 saturated heterocycles. The predicted octanol–water partition coefficient (Wildman–Crippen LogP) is 4.60. The summed E-state index contributed by atoms with van der Waals surface area (Å²) in [6.45, 7) is 0.588. The van der Waals surface area contributed by atoms with Gasteiger partial charge in [-0.3, -0.25) is 0 Å². The van der Waals surface area contributed by atoms with Crippen LogP contribution in [0.5, 0.6) is 0 Å². The van der Waals surface area contributed by atoms with E-state index in [0.717, 1.165) is 24.3 Å². The molecule has 0 amide bonds. The van der Waals surface area contributed by atoms with Crippen LogP contribution in [0.1, 0.15) is 12.5 Å². The highest BCUT2D eigenvalue weighted by molar-refractivity contribution is 7.91. The second-order valence-electron chi connectivity index (χ2n) is 5.15. The number of hydrogen-bond acceptors (Lipinski definition) is 3. The van der Waals surface area contributed by atoms with Crippen molar-refractivity contribution in [2.75, 3.05) is 0 Å². The van der Waals surface area contributed by atoms with E-state index in [4.69, 9.17) is 23.2 Å². The summed E-state index contributed by atoms with van der Waals surface area (Å²) in [5, 5.41) is 9.46. The zero-order valence-electron chi connectivity index (χ0n) is 12.1. The van der Waals surface area contributed by atoms with Gasteiger partial charge < -0.3 is 5.11 Å². The van der Waals surface area contributed by atoms with E-state index < -0.39 is 27.2 Å². The van der Waals surface area contributed by atoms with Crippen LogP contribution < -0.4 is 0 Å². The third-order valence-corrected chi connectivity index (χ3v) is 6.23. The minimum absolute atomic E-state index is 0.0365. The molecule has 2 aromatic rings. The number of rotatable bonds is 3. The molecule has 1 atom stereocenters. The van der Waals surface area contributed by atoms with Gasteiger partial charge in [0.25, 0.3) is 0 Å². The molecule has 0 heterocycles. The fourth-order valence-corrected chi connectivity index (χ4v) is 3.95. The lowest BCUT2D eigenvalue weighted by molar-refractivity contribution is -0.258. The minimum atomic E-state index is -4.90. The van der Waals surface area contributed by atoms with Crippen molar-refractivity contribution in [3.05, 3.63) is 58.1 Å². The highest BCUT2D eigenvalue weighted by Gasteiger charge is 2.51. The molecule has 24 heavy (non-hydrogen) atoms. The molecular weight excluding hydrogens is 388 g/mol. The first kappa shape index (κ1) is 19.1. The molecule has 0 bridgehead atoms. The third-order valence-electron chi connectivity index (χ3n) is 3.48. The van der Waals surface area contributed by atoms with Crippen LogP contribution in [0.15, 0.2) is 52.3 Å². The summed E-state index contributed by atoms with van der Waals surface area (Å²) in [7, 11) is -4.07. The average Bonchev–Trinajstić information content (AvgIpc) is 2.49. The van der Waals surface area contributed by atoms with Crippen LogP contribution in [0.4, 0.5) is 13.2 Å². The van der Waals surface area contributed by atoms with Crippen LogP contribution >= 0.6 is 23.2 Å². The first-order chi connectivity index (χ1) is 10.9. The highest BCUT2D eigenvalue weighted by Crippen LogP contribution is 2.39. The molecule has 1 N–H and O–H groups in total. The second kappa shape index (κ2) is 6.22. The molecule has 0 fully saturated rings. The van der Waals surface area contributed by atoms with E-state index in [1.165, 1.54) is 18.2 Å². The van der Waals surface area contributed by atoms with Crippen LogP contribution in [-0.4, -0.2) is 19.7 Å². The van der Waals surface area contributed by atoms with Crippen LogP contribution in [-0.2, 0) is 15.4 Å². The van der Waals surface area contributed by atoms with Gasteiger partial charge in [-0.15, -0.1) is 0 Å². The molecule has 0 spiro atoms. The SMILES string of the molecule is CC(O)(c1ccc(S(=O)(=O)c2cccc(Cl)c2Cl)cc1)C(F)(F)F. The Bertz CT molecular complexity index is 861. The Kier molecular flexibility index (Phi) is 4.94. The highest BCUT2D eigenvalue weighted by atomic mass is 35.5. The average molecular weight is 399 g/mol. The summed E-state index contributed by atoms with van der Waals surface area (Å²) >= 11 is 11.7. The van der Waals surface area contributed by atoms with Gasteiger partial charge in [0.2, 0.25) is 9.84 Å². The zero-order chi connectivity index (χ0) is 18.3. The van der Waals surface area contributed by atoms with Crippen LogP contribution in [0.25, 0.3) is 0 Å². The number of benzene rings is 2. The van der Waals surface area contributed by atoms with Crippen molar-refractivity contribution >= 4 is 33.0 Å². The van der Waals surface area contributed by atoms with Crippen molar-refractivity contribution in [2.45, 2.75) is 28.5 Å². The number of sulfone groups is 1. The topological polar surface area (TPSA) is 54.4 Å². The maximum atomic E-state index is 12.8. The Labute approximate surface area is 146 Å². The molecule has 3 nitrogen and oxygen atoms in total. The smallest absolute Gasteiger partial charge is 0.376 e. The maximum absolute atomic E-state index is 12.8. The van der Waals surface area contributed by atoms with E-state index in [1.54, 1.807) is 0 Å². The number of aliphatic hydroxyl groups is 1. The summed E-state index contributed by atoms with van der Waals surface area (Å²) in [5.74, 6) is 0. The molecule has 9 heteroatoms. The number of alkyl halides is 3. The Hall–Kier alpha value is -1.28. The van der Waals surface area contributed by atoms with E-state index in [0.29, 0.717) is 6.92 Å². The van der Waals surface area contributed by atoms with Crippen molar-refractivity contribution < 1.29 is 26.7 Å². The quantitative estimate of drug-likeness (QED) is 0.821. The van der Waals surface area contributed by atoms with Crippen LogP contribution in [0.3, 0.4) is 0 Å². The van der Waals surface area contributed by atoms with Gasteiger partial charge in [0, 0.05) is 0 Å². The van der Waals surface area contributed by atoms with Gasteiger partial charge in [-0.05, 0) is 36.8 Å². The molecule has 2 aromatic carbocycles. The van der Waals surface area contributed by atoms with E-state index in [-0.39, 0.29) is 19.8 Å². The van der Waals surface area contributed by atoms with Gasteiger partial charge >= 0.3 is 6.18 Å². The maximum Gasteiger partial charge on any atom is 0.421 e. The van der Waals surface area contributed by atoms with Crippen LogP contribution in [0, 0.1) is 0 Å². The molecule has 0 radical (unpaired) electrons. The van der Waals surface area contributed by atoms with Crippen LogP contribution in [0.2, 0.25) is 10.0 Å². The lowest BCUT2D eigenvalue weighted by atomic mass is 9.96. The Morgan fingerprint density at radius 1 is 1.00 bits per heavy atom. The molecule has 0 saturated carbocycles. The molecule has 2 rings (SSSR count). The van der Waals surface area contributed by atoms with Gasteiger partial charge in [-0.25, -0.2) is 8.42 Å². The summed E-state index contributed by atoms with van der Waals surface area (Å²) in [6, 6.07) is 7.79. The third kappa shape index (κ3) is 3.26. The van der Waals surface area contributed by atoms with Gasteiger partial charge in [0.1, 0.15) is 0 Å². The van der Waals surface area contributed by atoms with E-state index in [2.05, 4.69) is 0 Å². The molecule has 0 aromatic heterocycles. The molecule has 0 aliphatic heterocycles. The summed E-state index contributed by atoms with van der Waals surface area (Å²) < 4.78 is 63.5. The lowest BCUT2D eigenvalue weighted by Gasteiger charge is -2.26. The molecule has 0 aliphatic carbocycles. The largest absolute Gasteiger partial charge is 0.421 e. The Morgan fingerprint density at radius 3 is 2.04 bits per heavy atom. The first-order valence-electron chi connectivity index (χ1n) is 6.48. The monoisotopic (exact) mass is 398 g/mol. The summed E-state index contributed by atoms with van der Waals surface area (Å²) in [4.78, 5) is -0.527. The fourth-order valence-electron chi connectivity index (χ4n) is 1.94. The number of hydrogen-bond donors (Lipinski definition) is 1. The summed E-state index contributed by atoms with van der Waals surface area (Å²) in [5.41, 5.74) is -3.57. The predicted molar refractivity (Wildman–Crippen MR) is 84.0 cm³/mol. The fraction of sp³-hybridized carbons (Fsp3) is 0.200. The first-order valence-corrected chi connectivity index (χ1v) is 8.71. The molecular formula is C15H11Cl2F3O3S. The van der Waals surface area contributed by atoms with Gasteiger partial charge in [0.15, 0.2) is 5.60 Å². The molecule has 130 valence electrons. The standard InChI is InChI=1S/C15H11Cl2F3O3S/c1-14(21,15(18,19)20)9-5-7-10(8-6-9)24(22,23)12-4-2-3-11(16)13(12)17/h2-8,21H,1H3. The van der Waals surface area contributed by atoms with Crippen molar-refractivity contribution in [3.8, 4) is 0 Å². The summed E-state index contributed by atoms with van der Waals surface area (Å²) in [6.07, 6.45) is -4.90. The van der Waals surface area contributed by atoms with Crippen molar-refractivity contribution in [1.29, 1.82) is 0 Å². The Morgan fingerprint density at radius 2 is 1.54 bits per heavy atom. The second-order valence-corrected chi connectivity index (χ2v) is 7.85. The normalized spacial score (nSPS) is 15.1. The minimum Gasteiger partial charge on any atom is -0.376 e. The van der Waals surface area contributed by atoms with Gasteiger partial charge in [-0.2, -0.15) is 13.2 Å². The van der Waals surface area contributed by atoms with Gasteiger partial charge in [-0.1, -0.05) is 41.4 Å².